The molecule has 0 amide bonds. The summed E-state index contributed by atoms with van der Waals surface area (Å²) in [5, 5.41) is 7.88. The number of piperidine rings is 1. The zero-order valence-corrected chi connectivity index (χ0v) is 19.0. The number of hydrogen-bond acceptors (Lipinski definition) is 7. The van der Waals surface area contributed by atoms with Crippen LogP contribution in [0.4, 0.5) is 0 Å². The monoisotopic (exact) mass is 475 g/mol. The van der Waals surface area contributed by atoms with E-state index in [0.29, 0.717) is 19.0 Å². The van der Waals surface area contributed by atoms with E-state index in [4.69, 9.17) is 20.8 Å². The predicted molar refractivity (Wildman–Crippen MR) is 117 cm³/mol. The lowest BCUT2D eigenvalue weighted by molar-refractivity contribution is 0.0438. The SMILES string of the molecule is CC1CCCN(S(=O)(=O)c2cc(C(=O)OCc3nnc(-c4ccccc4)o3)ccc2Cl)C1. The summed E-state index contributed by atoms with van der Waals surface area (Å²) in [4.78, 5) is 12.4. The van der Waals surface area contributed by atoms with Gasteiger partial charge in [0.15, 0.2) is 6.61 Å². The van der Waals surface area contributed by atoms with Crippen molar-refractivity contribution in [3.05, 3.63) is 65.0 Å². The van der Waals surface area contributed by atoms with Crippen LogP contribution in [-0.2, 0) is 21.4 Å². The molecule has 2 heterocycles. The number of ether oxygens (including phenoxy) is 1. The number of hydrogen-bond donors (Lipinski definition) is 0. The van der Waals surface area contributed by atoms with E-state index in [0.717, 1.165) is 18.4 Å². The second kappa shape index (κ2) is 9.40. The lowest BCUT2D eigenvalue weighted by atomic mass is 10.0. The molecule has 1 saturated heterocycles. The number of aromatic nitrogens is 2. The summed E-state index contributed by atoms with van der Waals surface area (Å²) in [6.45, 7) is 2.62. The summed E-state index contributed by atoms with van der Waals surface area (Å²) in [5.74, 6) is -0.0150. The van der Waals surface area contributed by atoms with Crippen LogP contribution in [0.5, 0.6) is 0 Å². The molecule has 0 N–H and O–H groups in total. The largest absolute Gasteiger partial charge is 0.452 e. The third-order valence-corrected chi connectivity index (χ3v) is 7.57. The Hall–Kier alpha value is -2.75. The van der Waals surface area contributed by atoms with Gasteiger partial charge in [-0.1, -0.05) is 36.7 Å². The summed E-state index contributed by atoms with van der Waals surface area (Å²) in [5.41, 5.74) is 0.818. The van der Waals surface area contributed by atoms with Crippen molar-refractivity contribution >= 4 is 27.6 Å². The molecule has 0 saturated carbocycles. The molecule has 1 fully saturated rings. The van der Waals surface area contributed by atoms with Gasteiger partial charge in [-0.2, -0.15) is 4.31 Å². The van der Waals surface area contributed by atoms with E-state index in [1.54, 1.807) is 0 Å². The summed E-state index contributed by atoms with van der Waals surface area (Å²) in [6, 6.07) is 13.3. The van der Waals surface area contributed by atoms with Crippen LogP contribution in [-0.4, -0.2) is 42.0 Å². The third-order valence-electron chi connectivity index (χ3n) is 5.22. The zero-order valence-electron chi connectivity index (χ0n) is 17.4. The maximum absolute atomic E-state index is 13.1. The van der Waals surface area contributed by atoms with E-state index in [1.807, 2.05) is 37.3 Å². The fourth-order valence-electron chi connectivity index (χ4n) is 3.55. The van der Waals surface area contributed by atoms with Crippen LogP contribution in [0.1, 0.15) is 36.0 Å². The number of rotatable bonds is 6. The van der Waals surface area contributed by atoms with Crippen molar-refractivity contribution in [3.8, 4) is 11.5 Å². The highest BCUT2D eigenvalue weighted by Gasteiger charge is 2.31. The molecule has 0 spiro atoms. The zero-order chi connectivity index (χ0) is 22.7. The molecule has 168 valence electrons. The van der Waals surface area contributed by atoms with Crippen LogP contribution < -0.4 is 0 Å². The van der Waals surface area contributed by atoms with Gasteiger partial charge in [0.05, 0.1) is 10.6 Å². The fourth-order valence-corrected chi connectivity index (χ4v) is 5.65. The second-order valence-corrected chi connectivity index (χ2v) is 10.0. The number of sulfonamides is 1. The van der Waals surface area contributed by atoms with Crippen LogP contribution in [0.25, 0.3) is 11.5 Å². The van der Waals surface area contributed by atoms with E-state index in [1.165, 1.54) is 22.5 Å². The molecule has 0 aliphatic carbocycles. The first-order valence-corrected chi connectivity index (χ1v) is 12.0. The molecular weight excluding hydrogens is 454 g/mol. The Morgan fingerprint density at radius 3 is 2.75 bits per heavy atom. The summed E-state index contributed by atoms with van der Waals surface area (Å²) >= 11 is 6.18. The van der Waals surface area contributed by atoms with Crippen LogP contribution in [0.3, 0.4) is 0 Å². The number of halogens is 1. The molecule has 4 rings (SSSR count). The second-order valence-electron chi connectivity index (χ2n) is 7.70. The molecule has 1 atom stereocenters. The Bertz CT molecular complexity index is 1210. The van der Waals surface area contributed by atoms with E-state index in [-0.39, 0.29) is 33.9 Å². The van der Waals surface area contributed by atoms with Gasteiger partial charge in [-0.05, 0) is 49.1 Å². The minimum atomic E-state index is -3.82. The average molecular weight is 476 g/mol. The van der Waals surface area contributed by atoms with Gasteiger partial charge in [0.2, 0.25) is 15.9 Å². The summed E-state index contributed by atoms with van der Waals surface area (Å²) < 4.78 is 38.4. The third kappa shape index (κ3) is 4.85. The highest BCUT2D eigenvalue weighted by atomic mass is 35.5. The Labute approximate surface area is 191 Å². The lowest BCUT2D eigenvalue weighted by Crippen LogP contribution is -2.39. The van der Waals surface area contributed by atoms with E-state index < -0.39 is 16.0 Å². The molecule has 32 heavy (non-hydrogen) atoms. The van der Waals surface area contributed by atoms with Crippen molar-refractivity contribution in [2.24, 2.45) is 5.92 Å². The van der Waals surface area contributed by atoms with Crippen molar-refractivity contribution in [1.29, 1.82) is 0 Å². The molecule has 10 heteroatoms. The number of carbonyl (C=O) groups is 1. The Balaban J connectivity index is 1.47. The average Bonchev–Trinajstić information content (AvgIpc) is 3.27. The van der Waals surface area contributed by atoms with Crippen molar-refractivity contribution in [3.63, 3.8) is 0 Å². The molecule has 2 aromatic carbocycles. The summed E-state index contributed by atoms with van der Waals surface area (Å²) in [7, 11) is -3.82. The van der Waals surface area contributed by atoms with Gasteiger partial charge < -0.3 is 9.15 Å². The summed E-state index contributed by atoms with van der Waals surface area (Å²) in [6.07, 6.45) is 1.77. The van der Waals surface area contributed by atoms with Crippen LogP contribution in [0.2, 0.25) is 5.02 Å². The van der Waals surface area contributed by atoms with E-state index in [2.05, 4.69) is 10.2 Å². The number of nitrogens with zero attached hydrogens (tertiary/aromatic N) is 3. The Morgan fingerprint density at radius 2 is 2.00 bits per heavy atom. The van der Waals surface area contributed by atoms with Gasteiger partial charge >= 0.3 is 5.97 Å². The first kappa shape index (κ1) is 22.4. The minimum Gasteiger partial charge on any atom is -0.452 e. The van der Waals surface area contributed by atoms with Gasteiger partial charge in [-0.25, -0.2) is 13.2 Å². The maximum Gasteiger partial charge on any atom is 0.338 e. The maximum atomic E-state index is 13.1. The molecule has 0 radical (unpaired) electrons. The smallest absolute Gasteiger partial charge is 0.338 e. The standard InChI is InChI=1S/C22H22ClN3O5S/c1-15-6-5-11-26(13-15)32(28,29)19-12-17(9-10-18(19)23)22(27)30-14-20-24-25-21(31-20)16-7-3-2-4-8-16/h2-4,7-10,12,15H,5-6,11,13-14H2,1H3. The highest BCUT2D eigenvalue weighted by Crippen LogP contribution is 2.29. The van der Waals surface area contributed by atoms with Crippen LogP contribution >= 0.6 is 11.6 Å². The van der Waals surface area contributed by atoms with Gasteiger partial charge in [-0.3, -0.25) is 0 Å². The highest BCUT2D eigenvalue weighted by molar-refractivity contribution is 7.89. The van der Waals surface area contributed by atoms with Crippen LogP contribution in [0.15, 0.2) is 57.8 Å². The molecular formula is C22H22ClN3O5S. The first-order chi connectivity index (χ1) is 15.3. The van der Waals surface area contributed by atoms with Crippen molar-refractivity contribution < 1.29 is 22.4 Å². The molecule has 1 unspecified atom stereocenters. The Kier molecular flexibility index (Phi) is 6.59. The normalized spacial score (nSPS) is 17.2. The molecule has 1 aliphatic heterocycles. The minimum absolute atomic E-state index is 0.0594. The fraction of sp³-hybridized carbons (Fsp3) is 0.318. The number of esters is 1. The first-order valence-electron chi connectivity index (χ1n) is 10.2. The van der Waals surface area contributed by atoms with Crippen molar-refractivity contribution in [2.75, 3.05) is 13.1 Å². The number of benzene rings is 2. The van der Waals surface area contributed by atoms with E-state index in [9.17, 15) is 13.2 Å². The lowest BCUT2D eigenvalue weighted by Gasteiger charge is -2.30. The molecule has 0 bridgehead atoms. The van der Waals surface area contributed by atoms with Crippen LogP contribution in [0, 0.1) is 5.92 Å². The van der Waals surface area contributed by atoms with Crippen molar-refractivity contribution in [1.82, 2.24) is 14.5 Å². The van der Waals surface area contributed by atoms with Crippen molar-refractivity contribution in [2.45, 2.75) is 31.3 Å². The topological polar surface area (TPSA) is 103 Å². The number of carbonyl (C=O) groups excluding carboxylic acids is 1. The van der Waals surface area contributed by atoms with Gasteiger partial charge in [0.1, 0.15) is 4.90 Å². The Morgan fingerprint density at radius 1 is 1.22 bits per heavy atom. The van der Waals surface area contributed by atoms with Gasteiger partial charge in [-0.15, -0.1) is 10.2 Å². The van der Waals surface area contributed by atoms with Gasteiger partial charge in [0.25, 0.3) is 5.89 Å². The molecule has 1 aliphatic rings. The van der Waals surface area contributed by atoms with Gasteiger partial charge in [0, 0.05) is 18.7 Å². The predicted octanol–water partition coefficient (Wildman–Crippen LogP) is 4.17. The molecule has 1 aromatic heterocycles. The molecule has 3 aromatic rings. The van der Waals surface area contributed by atoms with E-state index >= 15 is 0 Å². The quantitative estimate of drug-likeness (QED) is 0.493. The molecule has 8 nitrogen and oxygen atoms in total.